The van der Waals surface area contributed by atoms with E-state index in [1.54, 1.807) is 6.33 Å². The summed E-state index contributed by atoms with van der Waals surface area (Å²) >= 11 is 0. The molecule has 0 saturated heterocycles. The van der Waals surface area contributed by atoms with Crippen LogP contribution in [-0.4, -0.2) is 43.3 Å². The summed E-state index contributed by atoms with van der Waals surface area (Å²) in [6, 6.07) is 0.202. The van der Waals surface area contributed by atoms with Crippen molar-refractivity contribution >= 4 is 23.0 Å². The maximum Gasteiger partial charge on any atom is 0.329 e. The fourth-order valence-electron chi connectivity index (χ4n) is 2.65. The van der Waals surface area contributed by atoms with Crippen molar-refractivity contribution in [2.75, 3.05) is 12.3 Å². The summed E-state index contributed by atoms with van der Waals surface area (Å²) in [5, 5.41) is 8.62. The van der Waals surface area contributed by atoms with Gasteiger partial charge >= 0.3 is 5.97 Å². The summed E-state index contributed by atoms with van der Waals surface area (Å²) in [7, 11) is 0. The molecule has 2 aromatic heterocycles. The van der Waals surface area contributed by atoms with E-state index in [1.807, 2.05) is 4.57 Å². The Morgan fingerprint density at radius 3 is 3.10 bits per heavy atom. The molecule has 3 N–H and O–H groups in total. The number of imidazole rings is 1. The van der Waals surface area contributed by atoms with Gasteiger partial charge in [0.1, 0.15) is 18.5 Å². The zero-order chi connectivity index (χ0) is 14.1. The number of aromatic nitrogens is 4. The zero-order valence-corrected chi connectivity index (χ0v) is 10.8. The summed E-state index contributed by atoms with van der Waals surface area (Å²) in [6.45, 7) is -0.253. The summed E-state index contributed by atoms with van der Waals surface area (Å²) in [6.07, 6.45) is 5.58. The standard InChI is InChI=1S/C12H15N5O3/c13-11-10-12(15-5-14-11)17(6-16-10)7-1-2-8(3-7)20-4-9(18)19/h5-8H,1-4H2,(H,18,19)(H2,13,14,15)/t7-,8-/m1/s1. The van der Waals surface area contributed by atoms with E-state index in [1.165, 1.54) is 6.33 Å². The highest BCUT2D eigenvalue weighted by molar-refractivity contribution is 5.81. The smallest absolute Gasteiger partial charge is 0.329 e. The van der Waals surface area contributed by atoms with Crippen LogP contribution in [-0.2, 0) is 9.53 Å². The molecule has 2 aromatic rings. The minimum Gasteiger partial charge on any atom is -0.480 e. The van der Waals surface area contributed by atoms with Gasteiger partial charge in [-0.05, 0) is 19.3 Å². The van der Waals surface area contributed by atoms with Crippen LogP contribution in [0.4, 0.5) is 5.82 Å². The van der Waals surface area contributed by atoms with Crippen LogP contribution in [0.5, 0.6) is 0 Å². The van der Waals surface area contributed by atoms with Gasteiger partial charge in [-0.15, -0.1) is 0 Å². The van der Waals surface area contributed by atoms with Gasteiger partial charge in [0.05, 0.1) is 12.4 Å². The molecule has 1 aliphatic rings. The molecule has 0 spiro atoms. The number of hydrogen-bond acceptors (Lipinski definition) is 6. The van der Waals surface area contributed by atoms with Crippen LogP contribution in [0, 0.1) is 0 Å². The first kappa shape index (κ1) is 12.8. The van der Waals surface area contributed by atoms with E-state index in [0.29, 0.717) is 17.0 Å². The molecule has 0 bridgehead atoms. The van der Waals surface area contributed by atoms with Gasteiger partial charge in [0.15, 0.2) is 11.5 Å². The summed E-state index contributed by atoms with van der Waals surface area (Å²) in [5.41, 5.74) is 7.07. The van der Waals surface area contributed by atoms with Gasteiger partial charge < -0.3 is 20.1 Å². The topological polar surface area (TPSA) is 116 Å². The van der Waals surface area contributed by atoms with Crippen LogP contribution in [0.15, 0.2) is 12.7 Å². The fraction of sp³-hybridized carbons (Fsp3) is 0.500. The molecule has 3 rings (SSSR count). The van der Waals surface area contributed by atoms with Crippen molar-refractivity contribution in [1.29, 1.82) is 0 Å². The van der Waals surface area contributed by atoms with E-state index in [9.17, 15) is 4.79 Å². The molecule has 0 unspecified atom stereocenters. The molecule has 0 aliphatic heterocycles. The summed E-state index contributed by atoms with van der Waals surface area (Å²) in [5.74, 6) is -0.576. The Bertz CT molecular complexity index is 641. The predicted molar refractivity (Wildman–Crippen MR) is 70.0 cm³/mol. The molecule has 0 aromatic carbocycles. The van der Waals surface area contributed by atoms with E-state index in [-0.39, 0.29) is 18.8 Å². The Labute approximate surface area is 114 Å². The van der Waals surface area contributed by atoms with Crippen molar-refractivity contribution in [2.45, 2.75) is 31.4 Å². The Hall–Kier alpha value is -2.22. The van der Waals surface area contributed by atoms with Gasteiger partial charge in [-0.1, -0.05) is 0 Å². The molecular formula is C12H15N5O3. The van der Waals surface area contributed by atoms with Gasteiger partial charge in [-0.2, -0.15) is 0 Å². The highest BCUT2D eigenvalue weighted by Gasteiger charge is 2.28. The molecule has 0 radical (unpaired) electrons. The number of fused-ring (bicyclic) bond motifs is 1. The second-order valence-electron chi connectivity index (χ2n) is 4.88. The van der Waals surface area contributed by atoms with Crippen molar-refractivity contribution < 1.29 is 14.6 Å². The number of ether oxygens (including phenoxy) is 1. The second-order valence-corrected chi connectivity index (χ2v) is 4.88. The van der Waals surface area contributed by atoms with Crippen LogP contribution < -0.4 is 5.73 Å². The molecular weight excluding hydrogens is 262 g/mol. The van der Waals surface area contributed by atoms with Crippen molar-refractivity contribution in [3.8, 4) is 0 Å². The monoisotopic (exact) mass is 277 g/mol. The third kappa shape index (κ3) is 2.29. The van der Waals surface area contributed by atoms with Gasteiger partial charge in [0, 0.05) is 6.04 Å². The van der Waals surface area contributed by atoms with Crippen LogP contribution in [0.1, 0.15) is 25.3 Å². The minimum absolute atomic E-state index is 0.0345. The Morgan fingerprint density at radius 2 is 2.30 bits per heavy atom. The highest BCUT2D eigenvalue weighted by atomic mass is 16.5. The average Bonchev–Trinajstić information content (AvgIpc) is 3.02. The maximum absolute atomic E-state index is 10.5. The number of carbonyl (C=O) groups is 1. The third-order valence-corrected chi connectivity index (χ3v) is 3.58. The molecule has 1 aliphatic carbocycles. The molecule has 0 amide bonds. The number of hydrogen-bond donors (Lipinski definition) is 2. The second kappa shape index (κ2) is 5.04. The average molecular weight is 277 g/mol. The van der Waals surface area contributed by atoms with E-state index >= 15 is 0 Å². The van der Waals surface area contributed by atoms with E-state index in [4.69, 9.17) is 15.6 Å². The molecule has 20 heavy (non-hydrogen) atoms. The lowest BCUT2D eigenvalue weighted by molar-refractivity contribution is -0.144. The fourth-order valence-corrected chi connectivity index (χ4v) is 2.65. The molecule has 1 fully saturated rings. The SMILES string of the molecule is Nc1ncnc2c1ncn2[C@@H]1CC[C@@H](OCC(=O)O)C1. The normalized spacial score (nSPS) is 22.4. The Morgan fingerprint density at radius 1 is 1.45 bits per heavy atom. The molecule has 8 heteroatoms. The van der Waals surface area contributed by atoms with Gasteiger partial charge in [0.2, 0.25) is 0 Å². The summed E-state index contributed by atoms with van der Waals surface area (Å²) < 4.78 is 7.31. The molecule has 1 saturated carbocycles. The minimum atomic E-state index is -0.943. The van der Waals surface area contributed by atoms with Crippen molar-refractivity contribution in [3.05, 3.63) is 12.7 Å². The highest BCUT2D eigenvalue weighted by Crippen LogP contribution is 2.33. The zero-order valence-electron chi connectivity index (χ0n) is 10.8. The number of carboxylic acid groups (broad SMARTS) is 1. The number of rotatable bonds is 4. The number of nitrogens with zero attached hydrogens (tertiary/aromatic N) is 4. The molecule has 2 heterocycles. The lowest BCUT2D eigenvalue weighted by Gasteiger charge is -2.13. The molecule has 106 valence electrons. The van der Waals surface area contributed by atoms with Crippen molar-refractivity contribution in [2.24, 2.45) is 0 Å². The van der Waals surface area contributed by atoms with Gasteiger partial charge in [-0.3, -0.25) is 0 Å². The van der Waals surface area contributed by atoms with Crippen molar-refractivity contribution in [1.82, 2.24) is 19.5 Å². The Kier molecular flexibility index (Phi) is 3.23. The van der Waals surface area contributed by atoms with Crippen LogP contribution >= 0.6 is 0 Å². The number of anilines is 1. The lowest BCUT2D eigenvalue weighted by atomic mass is 10.2. The summed E-state index contributed by atoms with van der Waals surface area (Å²) in [4.78, 5) is 22.9. The third-order valence-electron chi connectivity index (χ3n) is 3.58. The number of carboxylic acids is 1. The van der Waals surface area contributed by atoms with Gasteiger partial charge in [0.25, 0.3) is 0 Å². The van der Waals surface area contributed by atoms with E-state index in [0.717, 1.165) is 19.3 Å². The molecule has 2 atom stereocenters. The van der Waals surface area contributed by atoms with Gasteiger partial charge in [-0.25, -0.2) is 19.7 Å². The van der Waals surface area contributed by atoms with Crippen LogP contribution in [0.2, 0.25) is 0 Å². The first-order valence-corrected chi connectivity index (χ1v) is 6.41. The Balaban J connectivity index is 1.76. The lowest BCUT2D eigenvalue weighted by Crippen LogP contribution is -2.16. The number of nitrogen functional groups attached to an aromatic ring is 1. The number of aliphatic carboxylic acids is 1. The van der Waals surface area contributed by atoms with Crippen LogP contribution in [0.3, 0.4) is 0 Å². The van der Waals surface area contributed by atoms with E-state index < -0.39 is 5.97 Å². The first-order valence-electron chi connectivity index (χ1n) is 6.41. The first-order chi connectivity index (χ1) is 9.65. The van der Waals surface area contributed by atoms with Crippen molar-refractivity contribution in [3.63, 3.8) is 0 Å². The molecule has 8 nitrogen and oxygen atoms in total. The largest absolute Gasteiger partial charge is 0.480 e. The maximum atomic E-state index is 10.5. The van der Waals surface area contributed by atoms with Crippen LogP contribution in [0.25, 0.3) is 11.2 Å². The predicted octanol–water partition coefficient (Wildman–Crippen LogP) is 0.603. The van der Waals surface area contributed by atoms with E-state index in [2.05, 4.69) is 15.0 Å². The quantitative estimate of drug-likeness (QED) is 0.840. The number of nitrogens with two attached hydrogens (primary N) is 1.